The van der Waals surface area contributed by atoms with Gasteiger partial charge in [-0.05, 0) is 18.2 Å². The topological polar surface area (TPSA) is 51.0 Å². The van der Waals surface area contributed by atoms with Gasteiger partial charge in [0.25, 0.3) is 0 Å². The number of nitrogens with zero attached hydrogens (tertiary/aromatic N) is 2. The van der Waals surface area contributed by atoms with Crippen molar-refractivity contribution < 1.29 is 8.91 Å². The van der Waals surface area contributed by atoms with Crippen molar-refractivity contribution in [1.29, 1.82) is 0 Å². The highest BCUT2D eigenvalue weighted by Gasteiger charge is 2.03. The second-order valence-corrected chi connectivity index (χ2v) is 3.62. The van der Waals surface area contributed by atoms with Gasteiger partial charge in [0.05, 0.1) is 6.54 Å². The monoisotopic (exact) mass is 241 g/mol. The summed E-state index contributed by atoms with van der Waals surface area (Å²) in [5.41, 5.74) is 0.510. The van der Waals surface area contributed by atoms with Crippen LogP contribution < -0.4 is 5.32 Å². The highest BCUT2D eigenvalue weighted by Crippen LogP contribution is 2.14. The zero-order chi connectivity index (χ0) is 11.4. The fraction of sp³-hybridized carbons (Fsp3) is 0.200. The van der Waals surface area contributed by atoms with Crippen LogP contribution in [0.25, 0.3) is 0 Å². The molecule has 1 aromatic heterocycles. The normalized spacial score (nSPS) is 10.6. The standard InChI is InChI=1S/C10H9ClFN3O/c11-8-1-2-9(12)7(3-8)4-13-5-10-14-6-16-15-10/h1-3,6,13H,4-5H2. The van der Waals surface area contributed by atoms with E-state index in [2.05, 4.69) is 20.0 Å². The van der Waals surface area contributed by atoms with Gasteiger partial charge in [-0.15, -0.1) is 0 Å². The lowest BCUT2D eigenvalue weighted by Gasteiger charge is -2.04. The second kappa shape index (κ2) is 5.05. The summed E-state index contributed by atoms with van der Waals surface area (Å²) in [6.45, 7) is 0.781. The van der Waals surface area contributed by atoms with E-state index in [4.69, 9.17) is 11.6 Å². The number of hydrogen-bond acceptors (Lipinski definition) is 4. The Balaban J connectivity index is 1.92. The van der Waals surface area contributed by atoms with Crippen LogP contribution >= 0.6 is 11.6 Å². The fourth-order valence-electron chi connectivity index (χ4n) is 1.26. The van der Waals surface area contributed by atoms with Crippen molar-refractivity contribution >= 4 is 11.6 Å². The number of nitrogens with one attached hydrogen (secondary N) is 1. The molecule has 6 heteroatoms. The average Bonchev–Trinajstić information content (AvgIpc) is 2.76. The predicted octanol–water partition coefficient (Wildman–Crippen LogP) is 2.15. The fourth-order valence-corrected chi connectivity index (χ4v) is 1.45. The van der Waals surface area contributed by atoms with E-state index >= 15 is 0 Å². The van der Waals surface area contributed by atoms with Gasteiger partial charge in [0.1, 0.15) is 5.82 Å². The lowest BCUT2D eigenvalue weighted by Crippen LogP contribution is -2.14. The Morgan fingerprint density at radius 3 is 3.00 bits per heavy atom. The average molecular weight is 242 g/mol. The third kappa shape index (κ3) is 2.77. The SMILES string of the molecule is Fc1ccc(Cl)cc1CNCc1ncon1. The first-order chi connectivity index (χ1) is 7.75. The molecular formula is C10H9ClFN3O. The van der Waals surface area contributed by atoms with Crippen LogP contribution in [0.15, 0.2) is 29.1 Å². The molecule has 0 bridgehead atoms. The van der Waals surface area contributed by atoms with Gasteiger partial charge in [-0.3, -0.25) is 0 Å². The number of hydrogen-bond donors (Lipinski definition) is 1. The van der Waals surface area contributed by atoms with E-state index in [1.165, 1.54) is 18.5 Å². The van der Waals surface area contributed by atoms with E-state index in [9.17, 15) is 4.39 Å². The zero-order valence-corrected chi connectivity index (χ0v) is 9.04. The van der Waals surface area contributed by atoms with Crippen LogP contribution in [0.2, 0.25) is 5.02 Å². The van der Waals surface area contributed by atoms with E-state index in [1.54, 1.807) is 6.07 Å². The Morgan fingerprint density at radius 1 is 1.38 bits per heavy atom. The minimum Gasteiger partial charge on any atom is -0.343 e. The van der Waals surface area contributed by atoms with Gasteiger partial charge in [0, 0.05) is 17.1 Å². The number of aromatic nitrogens is 2. The highest BCUT2D eigenvalue weighted by atomic mass is 35.5. The lowest BCUT2D eigenvalue weighted by molar-refractivity contribution is 0.407. The summed E-state index contributed by atoms with van der Waals surface area (Å²) in [5.74, 6) is 0.243. The van der Waals surface area contributed by atoms with Gasteiger partial charge in [0.2, 0.25) is 6.39 Å². The summed E-state index contributed by atoms with van der Waals surface area (Å²) in [6, 6.07) is 4.44. The van der Waals surface area contributed by atoms with Crippen LogP contribution in [-0.4, -0.2) is 10.1 Å². The first-order valence-corrected chi connectivity index (χ1v) is 5.03. The van der Waals surface area contributed by atoms with E-state index in [0.29, 0.717) is 29.5 Å². The van der Waals surface area contributed by atoms with Crippen LogP contribution in [0.5, 0.6) is 0 Å². The van der Waals surface area contributed by atoms with Crippen LogP contribution in [-0.2, 0) is 13.1 Å². The Hall–Kier alpha value is -1.46. The molecule has 1 N–H and O–H groups in total. The molecule has 0 unspecified atom stereocenters. The van der Waals surface area contributed by atoms with Crippen LogP contribution in [0.3, 0.4) is 0 Å². The summed E-state index contributed by atoms with van der Waals surface area (Å²) in [7, 11) is 0. The van der Waals surface area contributed by atoms with E-state index in [-0.39, 0.29) is 5.82 Å². The summed E-state index contributed by atoms with van der Waals surface area (Å²) in [4.78, 5) is 3.83. The molecule has 2 aromatic rings. The molecule has 0 aliphatic carbocycles. The van der Waals surface area contributed by atoms with Gasteiger partial charge >= 0.3 is 0 Å². The molecule has 16 heavy (non-hydrogen) atoms. The Morgan fingerprint density at radius 2 is 2.25 bits per heavy atom. The third-order valence-electron chi connectivity index (χ3n) is 2.01. The number of rotatable bonds is 4. The molecule has 0 aliphatic rings. The van der Waals surface area contributed by atoms with Gasteiger partial charge in [-0.2, -0.15) is 4.98 Å². The highest BCUT2D eigenvalue weighted by molar-refractivity contribution is 6.30. The van der Waals surface area contributed by atoms with Crippen molar-refractivity contribution in [3.05, 3.63) is 46.8 Å². The molecule has 1 heterocycles. The summed E-state index contributed by atoms with van der Waals surface area (Å²) < 4.78 is 17.9. The summed E-state index contributed by atoms with van der Waals surface area (Å²) in [5, 5.41) is 7.12. The lowest BCUT2D eigenvalue weighted by atomic mass is 10.2. The predicted molar refractivity (Wildman–Crippen MR) is 56.3 cm³/mol. The number of halogens is 2. The maximum atomic E-state index is 13.3. The van der Waals surface area contributed by atoms with Crippen LogP contribution in [0, 0.1) is 5.82 Å². The maximum absolute atomic E-state index is 13.3. The molecule has 2 rings (SSSR count). The largest absolute Gasteiger partial charge is 0.343 e. The molecule has 0 fully saturated rings. The number of benzene rings is 1. The van der Waals surface area contributed by atoms with E-state index < -0.39 is 0 Å². The molecule has 0 saturated heterocycles. The third-order valence-corrected chi connectivity index (χ3v) is 2.25. The smallest absolute Gasteiger partial charge is 0.213 e. The van der Waals surface area contributed by atoms with Gasteiger partial charge in [-0.1, -0.05) is 16.8 Å². The van der Waals surface area contributed by atoms with Crippen molar-refractivity contribution in [2.24, 2.45) is 0 Å². The first kappa shape index (κ1) is 11.0. The second-order valence-electron chi connectivity index (χ2n) is 3.19. The van der Waals surface area contributed by atoms with E-state index in [0.717, 1.165) is 0 Å². The Labute approximate surface area is 96.4 Å². The van der Waals surface area contributed by atoms with Gasteiger partial charge in [-0.25, -0.2) is 4.39 Å². The molecule has 0 atom stereocenters. The van der Waals surface area contributed by atoms with Gasteiger partial charge in [0.15, 0.2) is 5.82 Å². The quantitative estimate of drug-likeness (QED) is 0.891. The first-order valence-electron chi connectivity index (χ1n) is 4.65. The molecule has 0 spiro atoms. The van der Waals surface area contributed by atoms with Crippen molar-refractivity contribution in [1.82, 2.24) is 15.5 Å². The van der Waals surface area contributed by atoms with Gasteiger partial charge < -0.3 is 9.84 Å². The molecule has 0 radical (unpaired) electrons. The molecule has 0 amide bonds. The van der Waals surface area contributed by atoms with Crippen molar-refractivity contribution in [3.63, 3.8) is 0 Å². The Bertz CT molecular complexity index is 461. The summed E-state index contributed by atoms with van der Waals surface area (Å²) in [6.07, 6.45) is 1.25. The Kier molecular flexibility index (Phi) is 3.48. The zero-order valence-electron chi connectivity index (χ0n) is 8.28. The minimum atomic E-state index is -0.287. The molecule has 84 valence electrons. The van der Waals surface area contributed by atoms with E-state index in [1.807, 2.05) is 0 Å². The minimum absolute atomic E-state index is 0.287. The van der Waals surface area contributed by atoms with Crippen LogP contribution in [0.1, 0.15) is 11.4 Å². The molecular weight excluding hydrogens is 233 g/mol. The van der Waals surface area contributed by atoms with Crippen LogP contribution in [0.4, 0.5) is 4.39 Å². The van der Waals surface area contributed by atoms with Crippen molar-refractivity contribution in [2.75, 3.05) is 0 Å². The molecule has 0 saturated carbocycles. The molecule has 1 aromatic carbocycles. The summed E-state index contributed by atoms with van der Waals surface area (Å²) >= 11 is 5.76. The molecule has 4 nitrogen and oxygen atoms in total. The van der Waals surface area contributed by atoms with Crippen molar-refractivity contribution in [3.8, 4) is 0 Å². The van der Waals surface area contributed by atoms with Crippen molar-refractivity contribution in [2.45, 2.75) is 13.1 Å². The maximum Gasteiger partial charge on any atom is 0.213 e. The molecule has 0 aliphatic heterocycles.